The molecule has 4 nitrogen and oxygen atoms in total. The van der Waals surface area contributed by atoms with Crippen molar-refractivity contribution < 1.29 is 17.4 Å². The maximum Gasteiger partial charge on any atom is 0.339 e. The molecule has 0 saturated heterocycles. The van der Waals surface area contributed by atoms with Crippen molar-refractivity contribution in [3.05, 3.63) is 83.9 Å². The van der Waals surface area contributed by atoms with E-state index in [-0.39, 0.29) is 10.6 Å². The molecule has 0 aromatic heterocycles. The third-order valence-corrected chi connectivity index (χ3v) is 5.46. The van der Waals surface area contributed by atoms with Crippen LogP contribution in [0.25, 0.3) is 11.1 Å². The van der Waals surface area contributed by atoms with E-state index in [2.05, 4.69) is 0 Å². The van der Waals surface area contributed by atoms with Crippen molar-refractivity contribution in [3.63, 3.8) is 0 Å². The lowest BCUT2D eigenvalue weighted by atomic mass is 9.96. The second-order valence-corrected chi connectivity index (χ2v) is 7.76. The fraction of sp³-hybridized carbons (Fsp3) is 0.136. The number of aldehydes is 1. The summed E-state index contributed by atoms with van der Waals surface area (Å²) < 4.78 is 31.0. The highest BCUT2D eigenvalue weighted by atomic mass is 32.2. The van der Waals surface area contributed by atoms with Crippen molar-refractivity contribution >= 4 is 16.4 Å². The largest absolute Gasteiger partial charge is 0.378 e. The van der Waals surface area contributed by atoms with Crippen LogP contribution >= 0.6 is 0 Å². The zero-order valence-electron chi connectivity index (χ0n) is 15.0. The van der Waals surface area contributed by atoms with Crippen LogP contribution in [0.4, 0.5) is 0 Å². The van der Waals surface area contributed by atoms with Gasteiger partial charge in [-0.05, 0) is 42.7 Å². The SMILES string of the molecule is Cc1ccc(S(=O)(=O)Oc2cccc(CCC=O)c2-c2ccccc2)cc1. The number of hydrogen-bond donors (Lipinski definition) is 0. The quantitative estimate of drug-likeness (QED) is 0.445. The minimum Gasteiger partial charge on any atom is -0.378 e. The topological polar surface area (TPSA) is 60.4 Å². The molecule has 0 spiro atoms. The fourth-order valence-electron chi connectivity index (χ4n) is 2.87. The van der Waals surface area contributed by atoms with Crippen molar-refractivity contribution in [2.75, 3.05) is 0 Å². The Morgan fingerprint density at radius 3 is 2.26 bits per heavy atom. The summed E-state index contributed by atoms with van der Waals surface area (Å²) in [6.45, 7) is 1.89. The van der Waals surface area contributed by atoms with Gasteiger partial charge in [-0.1, -0.05) is 60.2 Å². The minimum atomic E-state index is -3.97. The number of carbonyl (C=O) groups excluding carboxylic acids is 1. The van der Waals surface area contributed by atoms with Crippen LogP contribution in [0.15, 0.2) is 77.7 Å². The molecule has 0 aliphatic carbocycles. The van der Waals surface area contributed by atoms with E-state index >= 15 is 0 Å². The van der Waals surface area contributed by atoms with Gasteiger partial charge in [-0.15, -0.1) is 0 Å². The van der Waals surface area contributed by atoms with E-state index in [0.29, 0.717) is 18.4 Å². The third kappa shape index (κ3) is 4.44. The molecule has 27 heavy (non-hydrogen) atoms. The lowest BCUT2D eigenvalue weighted by Crippen LogP contribution is -2.11. The molecule has 0 heterocycles. The highest BCUT2D eigenvalue weighted by Crippen LogP contribution is 2.35. The summed E-state index contributed by atoms with van der Waals surface area (Å²) in [5, 5.41) is 0. The first-order valence-electron chi connectivity index (χ1n) is 8.63. The van der Waals surface area contributed by atoms with Gasteiger partial charge >= 0.3 is 10.1 Å². The van der Waals surface area contributed by atoms with Crippen LogP contribution in [0, 0.1) is 6.92 Å². The van der Waals surface area contributed by atoms with Crippen molar-refractivity contribution in [2.45, 2.75) is 24.7 Å². The maximum absolute atomic E-state index is 12.7. The molecule has 0 amide bonds. The van der Waals surface area contributed by atoms with E-state index in [0.717, 1.165) is 23.0 Å². The van der Waals surface area contributed by atoms with E-state index in [1.54, 1.807) is 24.3 Å². The van der Waals surface area contributed by atoms with Gasteiger partial charge in [0.25, 0.3) is 0 Å². The number of hydrogen-bond acceptors (Lipinski definition) is 4. The molecule has 0 atom stereocenters. The van der Waals surface area contributed by atoms with Crippen LogP contribution in [0.2, 0.25) is 0 Å². The Bertz CT molecular complexity index is 1020. The molecule has 5 heteroatoms. The van der Waals surface area contributed by atoms with Gasteiger partial charge in [0.2, 0.25) is 0 Å². The summed E-state index contributed by atoms with van der Waals surface area (Å²) in [7, 11) is -3.97. The molecule has 0 bridgehead atoms. The highest BCUT2D eigenvalue weighted by Gasteiger charge is 2.20. The van der Waals surface area contributed by atoms with Gasteiger partial charge in [-0.25, -0.2) is 0 Å². The summed E-state index contributed by atoms with van der Waals surface area (Å²) in [6.07, 6.45) is 1.72. The highest BCUT2D eigenvalue weighted by molar-refractivity contribution is 7.87. The van der Waals surface area contributed by atoms with Gasteiger partial charge in [-0.2, -0.15) is 8.42 Å². The van der Waals surface area contributed by atoms with E-state index < -0.39 is 10.1 Å². The first-order valence-corrected chi connectivity index (χ1v) is 10.0. The van der Waals surface area contributed by atoms with Crippen LogP contribution in [0.5, 0.6) is 5.75 Å². The molecular weight excluding hydrogens is 360 g/mol. The summed E-state index contributed by atoms with van der Waals surface area (Å²) in [5.41, 5.74) is 3.36. The van der Waals surface area contributed by atoms with E-state index in [4.69, 9.17) is 4.18 Å². The summed E-state index contributed by atoms with van der Waals surface area (Å²) in [5.74, 6) is 0.255. The molecule has 3 aromatic rings. The molecule has 0 N–H and O–H groups in total. The zero-order valence-corrected chi connectivity index (χ0v) is 15.8. The summed E-state index contributed by atoms with van der Waals surface area (Å²) in [6, 6.07) is 21.2. The molecule has 0 saturated carbocycles. The monoisotopic (exact) mass is 380 g/mol. The molecule has 0 aliphatic heterocycles. The number of carbonyl (C=O) groups is 1. The summed E-state index contributed by atoms with van der Waals surface area (Å²) in [4.78, 5) is 10.9. The first kappa shape index (κ1) is 18.9. The maximum atomic E-state index is 12.7. The smallest absolute Gasteiger partial charge is 0.339 e. The Morgan fingerprint density at radius 2 is 1.59 bits per heavy atom. The number of aryl methyl sites for hydroxylation is 2. The molecule has 0 radical (unpaired) electrons. The van der Waals surface area contributed by atoms with E-state index in [1.165, 1.54) is 12.1 Å². The Balaban J connectivity index is 2.07. The standard InChI is InChI=1S/C22H20O4S/c1-17-12-14-20(15-13-17)27(24,25)26-21-11-5-9-19(10-6-16-23)22(21)18-7-3-2-4-8-18/h2-5,7-9,11-16H,6,10H2,1H3. The number of benzene rings is 3. The van der Waals surface area contributed by atoms with Gasteiger partial charge in [0.15, 0.2) is 5.75 Å². The Hall–Kier alpha value is -2.92. The van der Waals surface area contributed by atoms with Crippen LogP contribution < -0.4 is 4.18 Å². The average molecular weight is 380 g/mol. The van der Waals surface area contributed by atoms with Crippen LogP contribution in [0.1, 0.15) is 17.5 Å². The van der Waals surface area contributed by atoms with Gasteiger partial charge in [-0.3, -0.25) is 0 Å². The fourth-order valence-corrected chi connectivity index (χ4v) is 3.81. The van der Waals surface area contributed by atoms with Crippen LogP contribution in [-0.2, 0) is 21.3 Å². The van der Waals surface area contributed by atoms with Crippen LogP contribution in [0.3, 0.4) is 0 Å². The lowest BCUT2D eigenvalue weighted by molar-refractivity contribution is -0.107. The van der Waals surface area contributed by atoms with Crippen molar-refractivity contribution in [3.8, 4) is 16.9 Å². The van der Waals surface area contributed by atoms with Crippen molar-refractivity contribution in [2.24, 2.45) is 0 Å². The second-order valence-electron chi connectivity index (χ2n) is 6.21. The molecule has 138 valence electrons. The van der Waals surface area contributed by atoms with Gasteiger partial charge in [0, 0.05) is 12.0 Å². The molecule has 3 aromatic carbocycles. The van der Waals surface area contributed by atoms with Crippen molar-refractivity contribution in [1.29, 1.82) is 0 Å². The van der Waals surface area contributed by atoms with Gasteiger partial charge < -0.3 is 8.98 Å². The van der Waals surface area contributed by atoms with E-state index in [9.17, 15) is 13.2 Å². The van der Waals surface area contributed by atoms with Gasteiger partial charge in [0.05, 0.1) is 0 Å². The normalized spacial score (nSPS) is 11.1. The Labute approximate surface area is 159 Å². The molecular formula is C22H20O4S. The Morgan fingerprint density at radius 1 is 0.889 bits per heavy atom. The number of rotatable bonds is 7. The molecule has 0 aliphatic rings. The zero-order chi connectivity index (χ0) is 19.3. The lowest BCUT2D eigenvalue weighted by Gasteiger charge is -2.15. The molecule has 0 unspecified atom stereocenters. The first-order chi connectivity index (χ1) is 13.0. The second kappa shape index (κ2) is 8.18. The predicted octanol–water partition coefficient (Wildman–Crippen LogP) is 4.56. The third-order valence-electron chi connectivity index (χ3n) is 4.22. The minimum absolute atomic E-state index is 0.102. The van der Waals surface area contributed by atoms with Gasteiger partial charge in [0.1, 0.15) is 11.2 Å². The van der Waals surface area contributed by atoms with Crippen LogP contribution in [-0.4, -0.2) is 14.7 Å². The molecule has 3 rings (SSSR count). The van der Waals surface area contributed by atoms with Crippen molar-refractivity contribution in [1.82, 2.24) is 0 Å². The predicted molar refractivity (Wildman–Crippen MR) is 105 cm³/mol. The van der Waals surface area contributed by atoms with E-state index in [1.807, 2.05) is 43.3 Å². The Kier molecular flexibility index (Phi) is 5.72. The summed E-state index contributed by atoms with van der Waals surface area (Å²) >= 11 is 0. The average Bonchev–Trinajstić information content (AvgIpc) is 2.67. The molecule has 0 fully saturated rings.